The number of benzene rings is 1. The lowest BCUT2D eigenvalue weighted by Crippen LogP contribution is -2.50. The van der Waals surface area contributed by atoms with Crippen LogP contribution in [0.3, 0.4) is 0 Å². The number of amides is 2. The van der Waals surface area contributed by atoms with Crippen molar-refractivity contribution >= 4 is 23.6 Å². The van der Waals surface area contributed by atoms with Crippen molar-refractivity contribution in [3.63, 3.8) is 0 Å². The van der Waals surface area contributed by atoms with Crippen LogP contribution in [-0.4, -0.2) is 90.8 Å². The predicted octanol–water partition coefficient (Wildman–Crippen LogP) is 3.51. The van der Waals surface area contributed by atoms with Gasteiger partial charge in [0.25, 0.3) is 5.91 Å². The smallest absolute Gasteiger partial charge is 0.255 e. The van der Waals surface area contributed by atoms with E-state index >= 15 is 0 Å². The van der Waals surface area contributed by atoms with Gasteiger partial charge in [-0.2, -0.15) is 0 Å². The van der Waals surface area contributed by atoms with E-state index in [4.69, 9.17) is 4.74 Å². The molecule has 32 heavy (non-hydrogen) atoms. The van der Waals surface area contributed by atoms with Gasteiger partial charge in [-0.05, 0) is 37.8 Å². The van der Waals surface area contributed by atoms with Crippen molar-refractivity contribution in [2.24, 2.45) is 0 Å². The Kier molecular flexibility index (Phi) is 8.49. The fourth-order valence-electron chi connectivity index (χ4n) is 5.06. The maximum Gasteiger partial charge on any atom is 0.255 e. The first kappa shape index (κ1) is 23.6. The van der Waals surface area contributed by atoms with Crippen molar-refractivity contribution in [1.82, 2.24) is 14.7 Å². The first-order valence-corrected chi connectivity index (χ1v) is 13.2. The van der Waals surface area contributed by atoms with Gasteiger partial charge in [-0.1, -0.05) is 31.4 Å². The molecule has 0 bridgehead atoms. The fourth-order valence-corrected chi connectivity index (χ4v) is 6.03. The number of carbonyl (C=O) groups is 2. The van der Waals surface area contributed by atoms with Crippen LogP contribution in [-0.2, 0) is 9.53 Å². The van der Waals surface area contributed by atoms with Crippen LogP contribution in [0.2, 0.25) is 0 Å². The average Bonchev–Trinajstić information content (AvgIpc) is 3.36. The highest BCUT2D eigenvalue weighted by Crippen LogP contribution is 2.27. The standard InChI is InChI=1S/C25H37N3O3S/c1-26(20-8-3-2-4-9-20)24(29)19-32-23-12-6-5-11-22(23)25(30)28-15-13-27(14-16-28)18-21-10-7-17-31-21/h5-6,11-12,20-21H,2-4,7-10,13-19H2,1H3. The lowest BCUT2D eigenvalue weighted by molar-refractivity contribution is -0.129. The second-order valence-corrected chi connectivity index (χ2v) is 10.3. The Morgan fingerprint density at radius 3 is 2.50 bits per heavy atom. The zero-order chi connectivity index (χ0) is 22.3. The molecular weight excluding hydrogens is 422 g/mol. The molecule has 176 valence electrons. The topological polar surface area (TPSA) is 53.1 Å². The van der Waals surface area contributed by atoms with Crippen LogP contribution >= 0.6 is 11.8 Å². The lowest BCUT2D eigenvalue weighted by Gasteiger charge is -2.36. The van der Waals surface area contributed by atoms with E-state index < -0.39 is 0 Å². The first-order chi connectivity index (χ1) is 15.6. The Bertz CT molecular complexity index is 769. The van der Waals surface area contributed by atoms with Crippen LogP contribution in [0.15, 0.2) is 29.2 Å². The van der Waals surface area contributed by atoms with Gasteiger partial charge in [0, 0.05) is 57.3 Å². The Morgan fingerprint density at radius 1 is 1.03 bits per heavy atom. The molecule has 2 aliphatic heterocycles. The molecule has 2 heterocycles. The van der Waals surface area contributed by atoms with Gasteiger partial charge in [0.2, 0.25) is 5.91 Å². The van der Waals surface area contributed by atoms with Crippen molar-refractivity contribution in [1.29, 1.82) is 0 Å². The molecule has 2 amide bonds. The molecule has 3 aliphatic rings. The third-order valence-corrected chi connectivity index (χ3v) is 8.19. The molecule has 0 spiro atoms. The van der Waals surface area contributed by atoms with Crippen LogP contribution in [0.1, 0.15) is 55.3 Å². The molecule has 1 atom stereocenters. The van der Waals surface area contributed by atoms with Gasteiger partial charge >= 0.3 is 0 Å². The summed E-state index contributed by atoms with van der Waals surface area (Å²) in [7, 11) is 1.94. The highest BCUT2D eigenvalue weighted by atomic mass is 32.2. The van der Waals surface area contributed by atoms with Crippen LogP contribution < -0.4 is 0 Å². The van der Waals surface area contributed by atoms with E-state index in [0.29, 0.717) is 17.9 Å². The second kappa shape index (κ2) is 11.5. The summed E-state index contributed by atoms with van der Waals surface area (Å²) >= 11 is 1.50. The van der Waals surface area contributed by atoms with E-state index in [9.17, 15) is 9.59 Å². The number of ether oxygens (including phenoxy) is 1. The summed E-state index contributed by atoms with van der Waals surface area (Å²) in [4.78, 5) is 33.3. The van der Waals surface area contributed by atoms with Crippen molar-refractivity contribution in [3.05, 3.63) is 29.8 Å². The molecule has 2 saturated heterocycles. The largest absolute Gasteiger partial charge is 0.377 e. The molecule has 1 unspecified atom stereocenters. The third-order valence-electron chi connectivity index (χ3n) is 7.13. The average molecular weight is 460 g/mol. The van der Waals surface area contributed by atoms with Gasteiger partial charge in [0.1, 0.15) is 0 Å². The van der Waals surface area contributed by atoms with E-state index in [1.54, 1.807) is 0 Å². The third kappa shape index (κ3) is 6.06. The van der Waals surface area contributed by atoms with Crippen molar-refractivity contribution in [3.8, 4) is 0 Å². The van der Waals surface area contributed by atoms with Gasteiger partial charge in [0.05, 0.1) is 17.4 Å². The van der Waals surface area contributed by atoms with Crippen molar-refractivity contribution in [2.75, 3.05) is 52.1 Å². The highest BCUT2D eigenvalue weighted by molar-refractivity contribution is 8.00. The van der Waals surface area contributed by atoms with E-state index in [-0.39, 0.29) is 11.8 Å². The van der Waals surface area contributed by atoms with Gasteiger partial charge in [-0.15, -0.1) is 11.8 Å². The monoisotopic (exact) mass is 459 g/mol. The number of carbonyl (C=O) groups excluding carboxylic acids is 2. The maximum absolute atomic E-state index is 13.3. The quantitative estimate of drug-likeness (QED) is 0.584. The Balaban J connectivity index is 1.29. The minimum atomic E-state index is 0.0814. The second-order valence-electron chi connectivity index (χ2n) is 9.31. The summed E-state index contributed by atoms with van der Waals surface area (Å²) < 4.78 is 5.76. The van der Waals surface area contributed by atoms with E-state index in [0.717, 1.165) is 75.5 Å². The van der Waals surface area contributed by atoms with Gasteiger partial charge in [0.15, 0.2) is 0 Å². The minimum absolute atomic E-state index is 0.0814. The molecule has 0 radical (unpaired) electrons. The Labute approximate surface area is 196 Å². The lowest BCUT2D eigenvalue weighted by atomic mass is 9.94. The van der Waals surface area contributed by atoms with Crippen LogP contribution in [0.4, 0.5) is 0 Å². The van der Waals surface area contributed by atoms with E-state index in [1.807, 2.05) is 41.1 Å². The zero-order valence-corrected chi connectivity index (χ0v) is 20.2. The molecule has 1 saturated carbocycles. The number of hydrogen-bond donors (Lipinski definition) is 0. The summed E-state index contributed by atoms with van der Waals surface area (Å²) in [6.07, 6.45) is 8.61. The molecule has 1 aliphatic carbocycles. The maximum atomic E-state index is 13.3. The molecule has 7 heteroatoms. The summed E-state index contributed by atoms with van der Waals surface area (Å²) in [5.41, 5.74) is 0.721. The number of rotatable bonds is 7. The summed E-state index contributed by atoms with van der Waals surface area (Å²) in [5, 5.41) is 0. The van der Waals surface area contributed by atoms with Crippen LogP contribution in [0.25, 0.3) is 0 Å². The van der Waals surface area contributed by atoms with Crippen LogP contribution in [0, 0.1) is 0 Å². The van der Waals surface area contributed by atoms with E-state index in [2.05, 4.69) is 4.90 Å². The number of hydrogen-bond acceptors (Lipinski definition) is 5. The van der Waals surface area contributed by atoms with Crippen molar-refractivity contribution < 1.29 is 14.3 Å². The Hall–Kier alpha value is -1.57. The van der Waals surface area contributed by atoms with Crippen molar-refractivity contribution in [2.45, 2.75) is 62.0 Å². The predicted molar refractivity (Wildman–Crippen MR) is 128 cm³/mol. The molecule has 0 N–H and O–H groups in total. The summed E-state index contributed by atoms with van der Waals surface area (Å²) in [6.45, 7) is 5.14. The van der Waals surface area contributed by atoms with Gasteiger partial charge < -0.3 is 14.5 Å². The SMILES string of the molecule is CN(C(=O)CSc1ccccc1C(=O)N1CCN(CC2CCCO2)CC1)C1CCCCC1. The van der Waals surface area contributed by atoms with E-state index in [1.165, 1.54) is 31.0 Å². The Morgan fingerprint density at radius 2 is 1.78 bits per heavy atom. The molecule has 1 aromatic carbocycles. The zero-order valence-electron chi connectivity index (χ0n) is 19.3. The molecule has 1 aromatic rings. The normalized spacial score (nSPS) is 22.8. The number of thioether (sulfide) groups is 1. The number of piperazine rings is 1. The minimum Gasteiger partial charge on any atom is -0.377 e. The summed E-state index contributed by atoms with van der Waals surface area (Å²) in [6, 6.07) is 8.12. The molecule has 4 rings (SSSR count). The highest BCUT2D eigenvalue weighted by Gasteiger charge is 2.27. The molecule has 6 nitrogen and oxygen atoms in total. The van der Waals surface area contributed by atoms with Crippen LogP contribution in [0.5, 0.6) is 0 Å². The molecular formula is C25H37N3O3S. The molecule has 3 fully saturated rings. The van der Waals surface area contributed by atoms with Gasteiger partial charge in [-0.3, -0.25) is 14.5 Å². The first-order valence-electron chi connectivity index (χ1n) is 12.2. The molecule has 0 aromatic heterocycles. The summed E-state index contributed by atoms with van der Waals surface area (Å²) in [5.74, 6) is 0.622. The fraction of sp³-hybridized carbons (Fsp3) is 0.680. The number of nitrogens with zero attached hydrogens (tertiary/aromatic N) is 3. The van der Waals surface area contributed by atoms with Gasteiger partial charge in [-0.25, -0.2) is 0 Å².